The fraction of sp³-hybridized carbons (Fsp3) is 0.125. The number of ether oxygens (including phenoxy) is 1. The van der Waals surface area contributed by atoms with Crippen molar-refractivity contribution in [3.63, 3.8) is 0 Å². The predicted octanol–water partition coefficient (Wildman–Crippen LogP) is 4.04. The van der Waals surface area contributed by atoms with Gasteiger partial charge in [-0.3, -0.25) is 0 Å². The summed E-state index contributed by atoms with van der Waals surface area (Å²) in [5.74, 6) is 0.789. The Bertz CT molecular complexity index is 764. The molecule has 0 aliphatic carbocycles. The van der Waals surface area contributed by atoms with E-state index >= 15 is 0 Å². The quantitative estimate of drug-likeness (QED) is 0.736. The summed E-state index contributed by atoms with van der Waals surface area (Å²) in [6, 6.07) is 14.1. The fourth-order valence-electron chi connectivity index (χ4n) is 2.42. The van der Waals surface area contributed by atoms with E-state index in [0.29, 0.717) is 0 Å². The molecule has 0 aliphatic rings. The number of hydrogen-bond acceptors (Lipinski definition) is 2. The zero-order chi connectivity index (χ0) is 14.1. The largest absolute Gasteiger partial charge is 0.497 e. The minimum absolute atomic E-state index is 0.719. The topological polar surface area (TPSA) is 40.2 Å². The Morgan fingerprint density at radius 1 is 1.20 bits per heavy atom. The molecule has 3 aromatic rings. The number of nitrogens with zero attached hydrogens (tertiary/aromatic N) is 1. The smallest absolute Gasteiger partial charge is 0.121 e. The molecule has 4 heteroatoms. The standard InChI is InChI=1S/C16H15BrN2O/c1-20-13-8-11(7-12(18)9-13)10-19-6-5-14-15(17)3-2-4-16(14)19/h2-9H,10,18H2,1H3. The third kappa shape index (κ3) is 2.39. The maximum Gasteiger partial charge on any atom is 0.121 e. The van der Waals surface area contributed by atoms with Crippen LogP contribution in [0.4, 0.5) is 5.69 Å². The number of benzene rings is 2. The molecule has 1 aromatic heterocycles. The van der Waals surface area contributed by atoms with Crippen LogP contribution in [0, 0.1) is 0 Å². The van der Waals surface area contributed by atoms with E-state index in [1.807, 2.05) is 24.3 Å². The lowest BCUT2D eigenvalue weighted by Gasteiger charge is -2.09. The van der Waals surface area contributed by atoms with Crippen LogP contribution in [-0.4, -0.2) is 11.7 Å². The van der Waals surface area contributed by atoms with Gasteiger partial charge in [-0.25, -0.2) is 0 Å². The molecule has 0 saturated carbocycles. The van der Waals surface area contributed by atoms with Crippen LogP contribution in [0.1, 0.15) is 5.56 Å². The first kappa shape index (κ1) is 13.1. The lowest BCUT2D eigenvalue weighted by molar-refractivity contribution is 0.414. The number of anilines is 1. The first-order valence-corrected chi connectivity index (χ1v) is 7.13. The molecule has 1 heterocycles. The number of methoxy groups -OCH3 is 1. The van der Waals surface area contributed by atoms with Gasteiger partial charge in [0.1, 0.15) is 5.75 Å². The van der Waals surface area contributed by atoms with Gasteiger partial charge in [-0.15, -0.1) is 0 Å². The number of nitrogens with two attached hydrogens (primary N) is 1. The summed E-state index contributed by atoms with van der Waals surface area (Å²) in [6.07, 6.45) is 2.09. The predicted molar refractivity (Wildman–Crippen MR) is 86.1 cm³/mol. The first-order valence-electron chi connectivity index (χ1n) is 6.34. The molecule has 3 rings (SSSR count). The van der Waals surface area contributed by atoms with Crippen LogP contribution >= 0.6 is 15.9 Å². The van der Waals surface area contributed by atoms with Crippen molar-refractivity contribution >= 4 is 32.5 Å². The van der Waals surface area contributed by atoms with E-state index < -0.39 is 0 Å². The van der Waals surface area contributed by atoms with Gasteiger partial charge in [0, 0.05) is 39.9 Å². The van der Waals surface area contributed by atoms with Gasteiger partial charge in [0.2, 0.25) is 0 Å². The molecule has 0 spiro atoms. The van der Waals surface area contributed by atoms with E-state index in [9.17, 15) is 0 Å². The average molecular weight is 331 g/mol. The number of aromatic nitrogens is 1. The summed E-state index contributed by atoms with van der Waals surface area (Å²) in [5.41, 5.74) is 8.94. The minimum Gasteiger partial charge on any atom is -0.497 e. The number of hydrogen-bond donors (Lipinski definition) is 1. The average Bonchev–Trinajstić information content (AvgIpc) is 2.83. The monoisotopic (exact) mass is 330 g/mol. The zero-order valence-electron chi connectivity index (χ0n) is 11.1. The van der Waals surface area contributed by atoms with Gasteiger partial charge in [-0.2, -0.15) is 0 Å². The van der Waals surface area contributed by atoms with Gasteiger partial charge in [-0.05, 0) is 35.9 Å². The van der Waals surface area contributed by atoms with Crippen molar-refractivity contribution in [2.45, 2.75) is 6.54 Å². The third-order valence-electron chi connectivity index (χ3n) is 3.34. The molecule has 0 amide bonds. The van der Waals surface area contributed by atoms with Crippen LogP contribution in [0.15, 0.2) is 53.1 Å². The van der Waals surface area contributed by atoms with Crippen LogP contribution in [-0.2, 0) is 6.54 Å². The van der Waals surface area contributed by atoms with Crippen LogP contribution in [0.5, 0.6) is 5.75 Å². The maximum atomic E-state index is 5.90. The van der Waals surface area contributed by atoms with E-state index in [2.05, 4.69) is 44.9 Å². The van der Waals surface area contributed by atoms with Crippen molar-refractivity contribution in [3.8, 4) is 5.75 Å². The highest BCUT2D eigenvalue weighted by atomic mass is 79.9. The summed E-state index contributed by atoms with van der Waals surface area (Å²) in [4.78, 5) is 0. The van der Waals surface area contributed by atoms with Crippen LogP contribution < -0.4 is 10.5 Å². The van der Waals surface area contributed by atoms with Gasteiger partial charge in [0.15, 0.2) is 0 Å². The molecule has 2 N–H and O–H groups in total. The minimum atomic E-state index is 0.719. The molecule has 0 atom stereocenters. The molecule has 0 unspecified atom stereocenters. The second-order valence-corrected chi connectivity index (χ2v) is 5.59. The molecule has 0 bridgehead atoms. The number of nitrogen functional groups attached to an aromatic ring is 1. The SMILES string of the molecule is COc1cc(N)cc(Cn2ccc3c(Br)cccc32)c1. The Balaban J connectivity index is 2.01. The van der Waals surface area contributed by atoms with Gasteiger partial charge in [0.05, 0.1) is 7.11 Å². The normalized spacial score (nSPS) is 10.9. The second-order valence-electron chi connectivity index (χ2n) is 4.73. The Morgan fingerprint density at radius 2 is 2.05 bits per heavy atom. The molecular formula is C16H15BrN2O. The van der Waals surface area contributed by atoms with Gasteiger partial charge < -0.3 is 15.0 Å². The van der Waals surface area contributed by atoms with Crippen molar-refractivity contribution in [2.24, 2.45) is 0 Å². The van der Waals surface area contributed by atoms with E-state index in [0.717, 1.165) is 28.0 Å². The van der Waals surface area contributed by atoms with E-state index in [1.54, 1.807) is 7.11 Å². The van der Waals surface area contributed by atoms with E-state index in [-0.39, 0.29) is 0 Å². The summed E-state index contributed by atoms with van der Waals surface area (Å²) in [5, 5.41) is 1.21. The molecule has 3 nitrogen and oxygen atoms in total. The molecule has 102 valence electrons. The van der Waals surface area contributed by atoms with Crippen molar-refractivity contribution < 1.29 is 4.74 Å². The molecule has 0 aliphatic heterocycles. The maximum absolute atomic E-state index is 5.90. The van der Waals surface area contributed by atoms with E-state index in [1.165, 1.54) is 10.9 Å². The Morgan fingerprint density at radius 3 is 2.85 bits per heavy atom. The molecule has 0 radical (unpaired) electrons. The van der Waals surface area contributed by atoms with E-state index in [4.69, 9.17) is 10.5 Å². The second kappa shape index (κ2) is 5.21. The lowest BCUT2D eigenvalue weighted by atomic mass is 10.2. The van der Waals surface area contributed by atoms with Crippen molar-refractivity contribution in [3.05, 3.63) is 58.7 Å². The van der Waals surface area contributed by atoms with Crippen LogP contribution in [0.2, 0.25) is 0 Å². The van der Waals surface area contributed by atoms with Crippen molar-refractivity contribution in [1.29, 1.82) is 0 Å². The Kier molecular flexibility index (Phi) is 3.40. The summed E-state index contributed by atoms with van der Waals surface area (Å²) in [6.45, 7) is 0.765. The Labute approximate surface area is 126 Å². The highest BCUT2D eigenvalue weighted by Crippen LogP contribution is 2.26. The summed E-state index contributed by atoms with van der Waals surface area (Å²) < 4.78 is 8.58. The van der Waals surface area contributed by atoms with Crippen LogP contribution in [0.25, 0.3) is 10.9 Å². The highest BCUT2D eigenvalue weighted by molar-refractivity contribution is 9.10. The number of halogens is 1. The lowest BCUT2D eigenvalue weighted by Crippen LogP contribution is -1.99. The Hall–Kier alpha value is -1.94. The molecule has 20 heavy (non-hydrogen) atoms. The summed E-state index contributed by atoms with van der Waals surface area (Å²) >= 11 is 3.58. The molecule has 2 aromatic carbocycles. The van der Waals surface area contributed by atoms with Gasteiger partial charge in [-0.1, -0.05) is 22.0 Å². The van der Waals surface area contributed by atoms with Crippen molar-refractivity contribution in [1.82, 2.24) is 4.57 Å². The van der Waals surface area contributed by atoms with Crippen molar-refractivity contribution in [2.75, 3.05) is 12.8 Å². The van der Waals surface area contributed by atoms with Gasteiger partial charge in [0.25, 0.3) is 0 Å². The first-order chi connectivity index (χ1) is 9.67. The fourth-order valence-corrected chi connectivity index (χ4v) is 2.90. The number of fused-ring (bicyclic) bond motifs is 1. The highest BCUT2D eigenvalue weighted by Gasteiger charge is 2.06. The van der Waals surface area contributed by atoms with Crippen LogP contribution in [0.3, 0.4) is 0 Å². The third-order valence-corrected chi connectivity index (χ3v) is 4.03. The van der Waals surface area contributed by atoms with Gasteiger partial charge >= 0.3 is 0 Å². The zero-order valence-corrected chi connectivity index (χ0v) is 12.7. The summed E-state index contributed by atoms with van der Waals surface area (Å²) in [7, 11) is 1.65. The number of rotatable bonds is 3. The molecule has 0 saturated heterocycles. The molecule has 0 fully saturated rings. The molecular weight excluding hydrogens is 316 g/mol.